The largest absolute Gasteiger partial charge is 0.480 e. The molecule has 0 aromatic carbocycles. The van der Waals surface area contributed by atoms with Crippen LogP contribution in [0.3, 0.4) is 0 Å². The fourth-order valence-corrected chi connectivity index (χ4v) is 2.17. The van der Waals surface area contributed by atoms with Crippen molar-refractivity contribution in [2.24, 2.45) is 0 Å². The minimum absolute atomic E-state index is 0.242. The van der Waals surface area contributed by atoms with Gasteiger partial charge in [0.25, 0.3) is 0 Å². The molecule has 1 aliphatic heterocycles. The van der Waals surface area contributed by atoms with Gasteiger partial charge in [0, 0.05) is 13.0 Å². The number of hydrogen-bond donors (Lipinski definition) is 1. The standard InChI is InChI=1S/C13H23NO5/c1-6-18-9-7-13(5,10(15)16)14(8-9)11(17)19-12(2,3)4/h9H,6-8H2,1-5H3,(H,15,16)/t9-,13-/m0/s1. The molecule has 2 atom stereocenters. The highest BCUT2D eigenvalue weighted by Gasteiger charge is 2.51. The Balaban J connectivity index is 2.89. The fraction of sp³-hybridized carbons (Fsp3) is 0.846. The predicted octanol–water partition coefficient (Wildman–Crippen LogP) is 1.88. The van der Waals surface area contributed by atoms with Crippen LogP contribution >= 0.6 is 0 Å². The topological polar surface area (TPSA) is 76.1 Å². The molecule has 0 aliphatic carbocycles. The molecule has 1 fully saturated rings. The Morgan fingerprint density at radius 3 is 2.42 bits per heavy atom. The van der Waals surface area contributed by atoms with Crippen molar-refractivity contribution in [3.05, 3.63) is 0 Å². The molecule has 110 valence electrons. The summed E-state index contributed by atoms with van der Waals surface area (Å²) in [6.45, 7) is 9.35. The van der Waals surface area contributed by atoms with Gasteiger partial charge in [-0.15, -0.1) is 0 Å². The third-order valence-electron chi connectivity index (χ3n) is 3.08. The van der Waals surface area contributed by atoms with Gasteiger partial charge < -0.3 is 14.6 Å². The smallest absolute Gasteiger partial charge is 0.411 e. The van der Waals surface area contributed by atoms with Crippen LogP contribution in [0.5, 0.6) is 0 Å². The molecular formula is C13H23NO5. The SMILES string of the molecule is CCO[C@@H]1CN(C(=O)OC(C)(C)C)[C@](C)(C(=O)O)C1. The number of carbonyl (C=O) groups is 2. The van der Waals surface area contributed by atoms with Crippen molar-refractivity contribution in [2.75, 3.05) is 13.2 Å². The minimum atomic E-state index is -1.28. The summed E-state index contributed by atoms with van der Waals surface area (Å²) in [4.78, 5) is 24.8. The second-order valence-corrected chi connectivity index (χ2v) is 5.95. The summed E-state index contributed by atoms with van der Waals surface area (Å²) in [7, 11) is 0. The maximum absolute atomic E-state index is 12.1. The van der Waals surface area contributed by atoms with Gasteiger partial charge in [-0.1, -0.05) is 0 Å². The lowest BCUT2D eigenvalue weighted by molar-refractivity contribution is -0.148. The van der Waals surface area contributed by atoms with Gasteiger partial charge in [0.05, 0.1) is 12.6 Å². The summed E-state index contributed by atoms with van der Waals surface area (Å²) >= 11 is 0. The first kappa shape index (κ1) is 15.8. The normalized spacial score (nSPS) is 27.4. The van der Waals surface area contributed by atoms with Gasteiger partial charge in [0.2, 0.25) is 0 Å². The molecule has 0 saturated carbocycles. The number of aliphatic carboxylic acids is 1. The predicted molar refractivity (Wildman–Crippen MR) is 69.0 cm³/mol. The van der Waals surface area contributed by atoms with Crippen LogP contribution in [-0.4, -0.2) is 52.5 Å². The molecule has 1 saturated heterocycles. The maximum Gasteiger partial charge on any atom is 0.411 e. The third kappa shape index (κ3) is 3.59. The van der Waals surface area contributed by atoms with E-state index >= 15 is 0 Å². The minimum Gasteiger partial charge on any atom is -0.480 e. The lowest BCUT2D eigenvalue weighted by Gasteiger charge is -2.32. The molecule has 0 bridgehead atoms. The molecule has 19 heavy (non-hydrogen) atoms. The number of hydrogen-bond acceptors (Lipinski definition) is 4. The van der Waals surface area contributed by atoms with Gasteiger partial charge in [-0.05, 0) is 34.6 Å². The lowest BCUT2D eigenvalue weighted by Crippen LogP contribution is -2.52. The molecular weight excluding hydrogens is 250 g/mol. The number of likely N-dealkylation sites (tertiary alicyclic amines) is 1. The van der Waals surface area contributed by atoms with Crippen molar-refractivity contribution in [1.82, 2.24) is 4.90 Å². The quantitative estimate of drug-likeness (QED) is 0.849. The van der Waals surface area contributed by atoms with Crippen LogP contribution in [0.25, 0.3) is 0 Å². The first-order chi connectivity index (χ1) is 8.60. The van der Waals surface area contributed by atoms with E-state index in [1.165, 1.54) is 11.8 Å². The molecule has 6 nitrogen and oxygen atoms in total. The summed E-state index contributed by atoms with van der Waals surface area (Å²) in [5.41, 5.74) is -1.93. The van der Waals surface area contributed by atoms with E-state index in [0.717, 1.165) is 0 Å². The monoisotopic (exact) mass is 273 g/mol. The number of ether oxygens (including phenoxy) is 2. The molecule has 0 spiro atoms. The molecule has 0 aromatic heterocycles. The Morgan fingerprint density at radius 2 is 2.00 bits per heavy atom. The van der Waals surface area contributed by atoms with Crippen molar-refractivity contribution < 1.29 is 24.2 Å². The van der Waals surface area contributed by atoms with Crippen LogP contribution in [0.4, 0.5) is 4.79 Å². The second-order valence-electron chi connectivity index (χ2n) is 5.95. The van der Waals surface area contributed by atoms with E-state index in [4.69, 9.17) is 9.47 Å². The number of amides is 1. The number of carboxylic acid groups (broad SMARTS) is 1. The molecule has 0 aromatic rings. The van der Waals surface area contributed by atoms with Crippen LogP contribution in [0.2, 0.25) is 0 Å². The third-order valence-corrected chi connectivity index (χ3v) is 3.08. The summed E-state index contributed by atoms with van der Waals surface area (Å²) in [6, 6.07) is 0. The molecule has 1 rings (SSSR count). The number of carboxylic acids is 1. The fourth-order valence-electron chi connectivity index (χ4n) is 2.17. The van der Waals surface area contributed by atoms with E-state index < -0.39 is 23.2 Å². The van der Waals surface area contributed by atoms with Crippen molar-refractivity contribution >= 4 is 12.1 Å². The maximum atomic E-state index is 12.1. The number of rotatable bonds is 3. The number of carbonyl (C=O) groups excluding carboxylic acids is 1. The van der Waals surface area contributed by atoms with Gasteiger partial charge in [-0.25, -0.2) is 9.59 Å². The van der Waals surface area contributed by atoms with Crippen molar-refractivity contribution in [1.29, 1.82) is 0 Å². The molecule has 1 amide bonds. The lowest BCUT2D eigenvalue weighted by atomic mass is 9.99. The zero-order chi connectivity index (χ0) is 14.8. The summed E-state index contributed by atoms with van der Waals surface area (Å²) < 4.78 is 10.7. The first-order valence-electron chi connectivity index (χ1n) is 6.46. The molecule has 1 heterocycles. The number of nitrogens with zero attached hydrogens (tertiary/aromatic N) is 1. The van der Waals surface area contributed by atoms with Crippen LogP contribution in [0.15, 0.2) is 0 Å². The second kappa shape index (κ2) is 5.36. The highest BCUT2D eigenvalue weighted by molar-refractivity contribution is 5.85. The summed E-state index contributed by atoms with van der Waals surface area (Å²) in [5.74, 6) is -1.04. The Kier molecular flexibility index (Phi) is 4.45. The van der Waals surface area contributed by atoms with Gasteiger partial charge >= 0.3 is 12.1 Å². The molecule has 6 heteroatoms. The van der Waals surface area contributed by atoms with E-state index in [2.05, 4.69) is 0 Å². The summed E-state index contributed by atoms with van der Waals surface area (Å²) in [6.07, 6.45) is -0.603. The Hall–Kier alpha value is -1.30. The van der Waals surface area contributed by atoms with E-state index in [-0.39, 0.29) is 19.1 Å². The first-order valence-corrected chi connectivity index (χ1v) is 6.46. The summed E-state index contributed by atoms with van der Waals surface area (Å²) in [5, 5.41) is 9.37. The van der Waals surface area contributed by atoms with Gasteiger partial charge in [0.1, 0.15) is 11.1 Å². The van der Waals surface area contributed by atoms with E-state index in [9.17, 15) is 14.7 Å². The van der Waals surface area contributed by atoms with Crippen LogP contribution in [0.1, 0.15) is 41.0 Å². The van der Waals surface area contributed by atoms with Crippen LogP contribution < -0.4 is 0 Å². The van der Waals surface area contributed by atoms with Gasteiger partial charge in [0.15, 0.2) is 0 Å². The van der Waals surface area contributed by atoms with E-state index in [0.29, 0.717) is 6.61 Å². The van der Waals surface area contributed by atoms with Crippen LogP contribution in [0, 0.1) is 0 Å². The molecule has 0 unspecified atom stereocenters. The zero-order valence-electron chi connectivity index (χ0n) is 12.2. The van der Waals surface area contributed by atoms with Gasteiger partial charge in [-0.3, -0.25) is 4.90 Å². The average molecular weight is 273 g/mol. The van der Waals surface area contributed by atoms with Crippen molar-refractivity contribution in [3.63, 3.8) is 0 Å². The molecule has 0 radical (unpaired) electrons. The Labute approximate surface area is 113 Å². The van der Waals surface area contributed by atoms with Crippen molar-refractivity contribution in [3.8, 4) is 0 Å². The molecule has 1 N–H and O–H groups in total. The highest BCUT2D eigenvalue weighted by Crippen LogP contribution is 2.32. The van der Waals surface area contributed by atoms with Crippen LogP contribution in [-0.2, 0) is 14.3 Å². The average Bonchev–Trinajstić information content (AvgIpc) is 2.55. The highest BCUT2D eigenvalue weighted by atomic mass is 16.6. The van der Waals surface area contributed by atoms with E-state index in [1.807, 2.05) is 6.92 Å². The van der Waals surface area contributed by atoms with E-state index in [1.54, 1.807) is 20.8 Å². The molecule has 1 aliphatic rings. The zero-order valence-corrected chi connectivity index (χ0v) is 12.2. The Bertz CT molecular complexity index is 363. The van der Waals surface area contributed by atoms with Gasteiger partial charge in [-0.2, -0.15) is 0 Å². The Morgan fingerprint density at radius 1 is 1.42 bits per heavy atom. The van der Waals surface area contributed by atoms with Crippen molar-refractivity contribution in [2.45, 2.75) is 58.3 Å².